The molecule has 0 bridgehead atoms. The van der Waals surface area contributed by atoms with Gasteiger partial charge in [-0.25, -0.2) is 12.7 Å². The number of aliphatic hydroxyl groups is 1. The highest BCUT2D eigenvalue weighted by Crippen LogP contribution is 2.43. The Morgan fingerprint density at radius 3 is 2.77 bits per heavy atom. The molecule has 0 radical (unpaired) electrons. The molecule has 2 aliphatic rings. The van der Waals surface area contributed by atoms with Gasteiger partial charge in [-0.3, -0.25) is 9.48 Å². The molecule has 11 heteroatoms. The van der Waals surface area contributed by atoms with Crippen LogP contribution >= 0.6 is 0 Å². The van der Waals surface area contributed by atoms with Crippen LogP contribution in [0.25, 0.3) is 0 Å². The van der Waals surface area contributed by atoms with E-state index in [0.29, 0.717) is 37.4 Å². The fourth-order valence-corrected chi connectivity index (χ4v) is 5.54. The molecular formula is C19H27N5O5S. The van der Waals surface area contributed by atoms with Gasteiger partial charge in [-0.1, -0.05) is 5.16 Å². The molecule has 1 amide bonds. The Bertz CT molecular complexity index is 1060. The zero-order chi connectivity index (χ0) is 21.7. The van der Waals surface area contributed by atoms with E-state index < -0.39 is 15.4 Å². The summed E-state index contributed by atoms with van der Waals surface area (Å²) < 4.78 is 32.5. The van der Waals surface area contributed by atoms with E-state index in [0.717, 1.165) is 5.56 Å². The van der Waals surface area contributed by atoms with E-state index in [4.69, 9.17) is 4.52 Å². The van der Waals surface area contributed by atoms with Gasteiger partial charge in [0.1, 0.15) is 5.76 Å². The number of hydrogen-bond donors (Lipinski definition) is 1. The van der Waals surface area contributed by atoms with E-state index in [-0.39, 0.29) is 37.2 Å². The van der Waals surface area contributed by atoms with Crippen LogP contribution in [0.15, 0.2) is 16.9 Å². The van der Waals surface area contributed by atoms with Crippen molar-refractivity contribution in [3.05, 3.63) is 35.0 Å². The maximum absolute atomic E-state index is 13.3. The minimum absolute atomic E-state index is 0.0202. The number of sulfonamides is 1. The molecule has 2 aliphatic heterocycles. The Morgan fingerprint density at radius 2 is 2.13 bits per heavy atom. The third-order valence-corrected chi connectivity index (χ3v) is 7.59. The van der Waals surface area contributed by atoms with Crippen LogP contribution in [0, 0.1) is 25.2 Å². The van der Waals surface area contributed by atoms with Gasteiger partial charge in [0.25, 0.3) is 5.91 Å². The maximum atomic E-state index is 13.3. The van der Waals surface area contributed by atoms with Crippen LogP contribution in [0.5, 0.6) is 0 Å². The van der Waals surface area contributed by atoms with Crippen molar-refractivity contribution in [2.75, 3.05) is 39.0 Å². The zero-order valence-corrected chi connectivity index (χ0v) is 18.2. The van der Waals surface area contributed by atoms with Crippen molar-refractivity contribution in [2.24, 2.45) is 11.3 Å². The molecule has 4 rings (SSSR count). The Labute approximate surface area is 175 Å². The maximum Gasteiger partial charge on any atom is 0.276 e. The monoisotopic (exact) mass is 437 g/mol. The summed E-state index contributed by atoms with van der Waals surface area (Å²) in [5.41, 5.74) is 1.27. The van der Waals surface area contributed by atoms with Crippen molar-refractivity contribution < 1.29 is 22.8 Å². The average molecular weight is 438 g/mol. The lowest BCUT2D eigenvalue weighted by Crippen LogP contribution is -2.52. The molecule has 0 spiro atoms. The average Bonchev–Trinajstić information content (AvgIpc) is 3.38. The molecule has 0 aromatic carbocycles. The smallest absolute Gasteiger partial charge is 0.276 e. The molecule has 0 aliphatic carbocycles. The van der Waals surface area contributed by atoms with Gasteiger partial charge in [0.15, 0.2) is 5.69 Å². The van der Waals surface area contributed by atoms with Crippen molar-refractivity contribution >= 4 is 15.9 Å². The minimum Gasteiger partial charge on any atom is -0.396 e. The molecule has 2 aromatic heterocycles. The molecule has 2 atom stereocenters. The Morgan fingerprint density at radius 1 is 1.37 bits per heavy atom. The quantitative estimate of drug-likeness (QED) is 0.712. The highest BCUT2D eigenvalue weighted by molar-refractivity contribution is 7.88. The van der Waals surface area contributed by atoms with Gasteiger partial charge >= 0.3 is 0 Å². The van der Waals surface area contributed by atoms with Crippen LogP contribution in [0.4, 0.5) is 0 Å². The second-order valence-corrected chi connectivity index (χ2v) is 10.6. The van der Waals surface area contributed by atoms with Crippen LogP contribution in [0.1, 0.15) is 33.8 Å². The molecule has 164 valence electrons. The molecule has 10 nitrogen and oxygen atoms in total. The van der Waals surface area contributed by atoms with E-state index in [2.05, 4.69) is 10.3 Å². The van der Waals surface area contributed by atoms with E-state index in [1.807, 2.05) is 13.1 Å². The highest BCUT2D eigenvalue weighted by Gasteiger charge is 2.52. The number of likely N-dealkylation sites (tertiary alicyclic amines) is 1. The van der Waals surface area contributed by atoms with Gasteiger partial charge in [-0.2, -0.15) is 5.10 Å². The predicted molar refractivity (Wildman–Crippen MR) is 107 cm³/mol. The van der Waals surface area contributed by atoms with E-state index in [1.54, 1.807) is 22.7 Å². The summed E-state index contributed by atoms with van der Waals surface area (Å²) in [7, 11) is -3.35. The fraction of sp³-hybridized carbons (Fsp3) is 0.632. The molecule has 4 heterocycles. The first kappa shape index (κ1) is 21.0. The minimum atomic E-state index is -3.35. The number of aliphatic hydroxyl groups excluding tert-OH is 1. The number of amides is 1. The first-order valence-corrected chi connectivity index (χ1v) is 11.8. The van der Waals surface area contributed by atoms with Gasteiger partial charge in [-0.15, -0.1) is 0 Å². The SMILES string of the molecule is Cc1cnn(Cc2c(C(=O)N3CC[C@@H]4CN(S(C)(=O)=O)C[C@]4(CO)C3)noc2C)c1. The first-order valence-electron chi connectivity index (χ1n) is 9.92. The van der Waals surface area contributed by atoms with Crippen molar-refractivity contribution in [3.63, 3.8) is 0 Å². The summed E-state index contributed by atoms with van der Waals surface area (Å²) in [5, 5.41) is 18.4. The number of piperidine rings is 1. The number of nitrogens with zero attached hydrogens (tertiary/aromatic N) is 5. The number of aryl methyl sites for hydroxylation is 2. The van der Waals surface area contributed by atoms with Gasteiger partial charge in [0.2, 0.25) is 10.0 Å². The number of aromatic nitrogens is 3. The molecule has 2 fully saturated rings. The Balaban J connectivity index is 1.57. The van der Waals surface area contributed by atoms with Gasteiger partial charge in [0.05, 0.1) is 25.6 Å². The standard InChI is InChI=1S/C19H27N5O5S/c1-13-6-20-23(7-13)9-16-14(2)29-21-17(16)18(26)22-5-4-15-8-24(30(3,27)28)11-19(15,10-22)12-25/h6-7,15,25H,4-5,8-12H2,1-3H3/t15-,19+/m1/s1. The highest BCUT2D eigenvalue weighted by atomic mass is 32.2. The molecule has 0 unspecified atom stereocenters. The van der Waals surface area contributed by atoms with E-state index >= 15 is 0 Å². The number of rotatable bonds is 5. The molecule has 2 aromatic rings. The van der Waals surface area contributed by atoms with Crippen molar-refractivity contribution in [1.29, 1.82) is 0 Å². The lowest BCUT2D eigenvalue weighted by Gasteiger charge is -2.42. The summed E-state index contributed by atoms with van der Waals surface area (Å²) >= 11 is 0. The summed E-state index contributed by atoms with van der Waals surface area (Å²) in [6.07, 6.45) is 5.43. The molecule has 30 heavy (non-hydrogen) atoms. The fourth-order valence-electron chi connectivity index (χ4n) is 4.60. The van der Waals surface area contributed by atoms with Gasteiger partial charge in [-0.05, 0) is 31.7 Å². The third-order valence-electron chi connectivity index (χ3n) is 6.38. The number of fused-ring (bicyclic) bond motifs is 1. The topological polar surface area (TPSA) is 122 Å². The van der Waals surface area contributed by atoms with Crippen molar-refractivity contribution in [1.82, 2.24) is 24.1 Å². The Kier molecular flexibility index (Phi) is 5.23. The molecule has 2 saturated heterocycles. The largest absolute Gasteiger partial charge is 0.396 e. The summed E-state index contributed by atoms with van der Waals surface area (Å²) in [5.74, 6) is 0.309. The Hall–Kier alpha value is -2.24. The summed E-state index contributed by atoms with van der Waals surface area (Å²) in [6.45, 7) is 5.26. The first-order chi connectivity index (χ1) is 14.1. The summed E-state index contributed by atoms with van der Waals surface area (Å²) in [6, 6.07) is 0. The van der Waals surface area contributed by atoms with Crippen LogP contribution in [-0.4, -0.2) is 82.6 Å². The van der Waals surface area contributed by atoms with E-state index in [1.165, 1.54) is 10.6 Å². The van der Waals surface area contributed by atoms with Crippen molar-refractivity contribution in [3.8, 4) is 0 Å². The molecular weight excluding hydrogens is 410 g/mol. The number of carbonyl (C=O) groups excluding carboxylic acids is 1. The molecule has 1 N–H and O–H groups in total. The van der Waals surface area contributed by atoms with Crippen LogP contribution < -0.4 is 0 Å². The molecule has 0 saturated carbocycles. The number of carbonyl (C=O) groups is 1. The zero-order valence-electron chi connectivity index (χ0n) is 17.4. The second kappa shape index (κ2) is 7.47. The third kappa shape index (κ3) is 3.65. The van der Waals surface area contributed by atoms with E-state index in [9.17, 15) is 18.3 Å². The van der Waals surface area contributed by atoms with Gasteiger partial charge < -0.3 is 14.5 Å². The van der Waals surface area contributed by atoms with Crippen LogP contribution in [0.2, 0.25) is 0 Å². The summed E-state index contributed by atoms with van der Waals surface area (Å²) in [4.78, 5) is 15.0. The number of hydrogen-bond acceptors (Lipinski definition) is 7. The predicted octanol–water partition coefficient (Wildman–Crippen LogP) is 0.252. The van der Waals surface area contributed by atoms with Gasteiger partial charge in [0, 0.05) is 43.4 Å². The van der Waals surface area contributed by atoms with Crippen molar-refractivity contribution in [2.45, 2.75) is 26.8 Å². The lowest BCUT2D eigenvalue weighted by atomic mass is 9.74. The second-order valence-electron chi connectivity index (χ2n) is 8.57. The normalized spacial score (nSPS) is 24.9. The lowest BCUT2D eigenvalue weighted by molar-refractivity contribution is 0.0124. The van der Waals surface area contributed by atoms with Crippen LogP contribution in [-0.2, 0) is 16.6 Å². The van der Waals surface area contributed by atoms with Crippen LogP contribution in [0.3, 0.4) is 0 Å².